The lowest BCUT2D eigenvalue weighted by molar-refractivity contribution is -0.274. The number of hydrogen-bond acceptors (Lipinski definition) is 2. The van der Waals surface area contributed by atoms with Gasteiger partial charge in [-0.2, -0.15) is 0 Å². The number of nitrogens with zero attached hydrogens (tertiary/aromatic N) is 1. The number of halogens is 3. The Morgan fingerprint density at radius 3 is 2.33 bits per heavy atom. The summed E-state index contributed by atoms with van der Waals surface area (Å²) < 4.78 is 41.5. The number of ether oxygens (including phenoxy) is 1. The molecule has 0 bridgehead atoms. The van der Waals surface area contributed by atoms with Crippen LogP contribution in [-0.4, -0.2) is 13.4 Å². The van der Waals surface area contributed by atoms with Gasteiger partial charge in [0, 0.05) is 19.5 Å². The Morgan fingerprint density at radius 2 is 1.77 bits per heavy atom. The summed E-state index contributed by atoms with van der Waals surface area (Å²) in [5, 5.41) is 0. The fraction of sp³-hybridized carbons (Fsp3) is 0.440. The van der Waals surface area contributed by atoms with Gasteiger partial charge in [-0.1, -0.05) is 44.4 Å². The van der Waals surface area contributed by atoms with Crippen molar-refractivity contribution in [2.45, 2.75) is 58.7 Å². The second kappa shape index (κ2) is 9.04. The summed E-state index contributed by atoms with van der Waals surface area (Å²) in [5.74, 6) is 4.19. The number of alkyl halides is 3. The van der Waals surface area contributed by atoms with Crippen molar-refractivity contribution >= 4 is 5.69 Å². The quantitative estimate of drug-likeness (QED) is 0.376. The summed E-state index contributed by atoms with van der Waals surface area (Å²) in [5.41, 5.74) is 5.26. The molecule has 0 aliphatic heterocycles. The molecule has 0 heterocycles. The van der Waals surface area contributed by atoms with Crippen molar-refractivity contribution in [1.82, 2.24) is 0 Å². The van der Waals surface area contributed by atoms with Crippen LogP contribution >= 0.6 is 0 Å². The predicted molar refractivity (Wildman–Crippen MR) is 116 cm³/mol. The third kappa shape index (κ3) is 5.11. The average Bonchev–Trinajstić information content (AvgIpc) is 2.65. The summed E-state index contributed by atoms with van der Waals surface area (Å²) >= 11 is 0. The molecule has 1 aliphatic rings. The second-order valence-electron chi connectivity index (χ2n) is 7.93. The first kappa shape index (κ1) is 22.1. The van der Waals surface area contributed by atoms with Gasteiger partial charge in [-0.05, 0) is 72.1 Å². The van der Waals surface area contributed by atoms with Crippen LogP contribution in [0.1, 0.15) is 56.6 Å². The van der Waals surface area contributed by atoms with Crippen LogP contribution in [-0.2, 0) is 0 Å². The Hall–Kier alpha value is -2.61. The van der Waals surface area contributed by atoms with Gasteiger partial charge >= 0.3 is 6.36 Å². The predicted octanol–water partition coefficient (Wildman–Crippen LogP) is 7.27. The second-order valence-corrected chi connectivity index (χ2v) is 7.93. The number of hydrogen-bond donors (Lipinski definition) is 0. The van der Waals surface area contributed by atoms with Gasteiger partial charge in [-0.3, -0.25) is 0 Å². The molecule has 3 rings (SSSR count). The Bertz CT molecular complexity index is 932. The molecule has 0 amide bonds. The number of anilines is 1. The molecule has 2 aromatic carbocycles. The number of rotatable bonds is 5. The van der Waals surface area contributed by atoms with Gasteiger partial charge in [0.05, 0.1) is 5.69 Å². The van der Waals surface area contributed by atoms with Crippen LogP contribution in [0.4, 0.5) is 18.9 Å². The topological polar surface area (TPSA) is 12.5 Å². The first-order chi connectivity index (χ1) is 14.2. The molecule has 2 aromatic rings. The van der Waals surface area contributed by atoms with E-state index in [4.69, 9.17) is 0 Å². The van der Waals surface area contributed by atoms with Gasteiger partial charge in [-0.25, -0.2) is 0 Å². The summed E-state index contributed by atoms with van der Waals surface area (Å²) in [6, 6.07) is 13.7. The maximum atomic E-state index is 12.5. The highest BCUT2D eigenvalue weighted by molar-refractivity contribution is 5.76. The van der Waals surface area contributed by atoms with E-state index in [-0.39, 0.29) is 5.75 Å². The molecule has 1 saturated carbocycles. The van der Waals surface area contributed by atoms with E-state index in [0.717, 1.165) is 34.7 Å². The molecule has 160 valence electrons. The minimum atomic E-state index is -4.69. The van der Waals surface area contributed by atoms with Crippen LogP contribution in [0.3, 0.4) is 0 Å². The minimum Gasteiger partial charge on any atom is -0.406 e. The Kier molecular flexibility index (Phi) is 6.65. The van der Waals surface area contributed by atoms with Crippen molar-refractivity contribution in [3.63, 3.8) is 0 Å². The Balaban J connectivity index is 2.00. The van der Waals surface area contributed by atoms with Crippen molar-refractivity contribution in [3.8, 4) is 28.8 Å². The van der Waals surface area contributed by atoms with Crippen LogP contribution in [0.15, 0.2) is 36.4 Å². The molecule has 0 aromatic heterocycles. The molecule has 1 fully saturated rings. The Morgan fingerprint density at radius 1 is 1.10 bits per heavy atom. The van der Waals surface area contributed by atoms with E-state index >= 15 is 0 Å². The zero-order valence-corrected chi connectivity index (χ0v) is 17.9. The molecule has 0 N–H and O–H groups in total. The Labute approximate surface area is 177 Å². The maximum Gasteiger partial charge on any atom is 0.573 e. The molecule has 2 nitrogen and oxygen atoms in total. The van der Waals surface area contributed by atoms with Gasteiger partial charge < -0.3 is 9.64 Å². The maximum absolute atomic E-state index is 12.5. The molecule has 5 heteroatoms. The molecule has 0 spiro atoms. The molecular formula is C25H28F3NO. The number of benzene rings is 2. The van der Waals surface area contributed by atoms with Gasteiger partial charge in [-0.15, -0.1) is 13.2 Å². The summed E-state index contributed by atoms with van der Waals surface area (Å²) in [4.78, 5) is 1.95. The monoisotopic (exact) mass is 415 g/mol. The third-order valence-electron chi connectivity index (χ3n) is 5.87. The highest BCUT2D eigenvalue weighted by atomic mass is 19.4. The van der Waals surface area contributed by atoms with Crippen LogP contribution in [0.5, 0.6) is 5.75 Å². The van der Waals surface area contributed by atoms with Gasteiger partial charge in [0.1, 0.15) is 5.75 Å². The van der Waals surface area contributed by atoms with Crippen LogP contribution < -0.4 is 9.64 Å². The summed E-state index contributed by atoms with van der Waals surface area (Å²) in [6.07, 6.45) is -0.352. The largest absolute Gasteiger partial charge is 0.573 e. The summed E-state index contributed by atoms with van der Waals surface area (Å²) in [7, 11) is 1.95. The van der Waals surface area contributed by atoms with Crippen LogP contribution in [0.25, 0.3) is 11.1 Å². The lowest BCUT2D eigenvalue weighted by Crippen LogP contribution is -2.22. The highest BCUT2D eigenvalue weighted by Crippen LogP contribution is 2.46. The van der Waals surface area contributed by atoms with E-state index in [9.17, 15) is 13.2 Å². The normalized spacial score (nSPS) is 18.2. The molecular weight excluding hydrogens is 387 g/mol. The van der Waals surface area contributed by atoms with E-state index in [1.54, 1.807) is 12.1 Å². The zero-order chi connectivity index (χ0) is 21.9. The van der Waals surface area contributed by atoms with Crippen LogP contribution in [0, 0.1) is 24.8 Å². The van der Waals surface area contributed by atoms with Crippen molar-refractivity contribution in [2.24, 2.45) is 5.92 Å². The van der Waals surface area contributed by atoms with Gasteiger partial charge in [0.15, 0.2) is 0 Å². The fourth-order valence-electron chi connectivity index (χ4n) is 4.04. The average molecular weight is 415 g/mol. The molecule has 0 radical (unpaired) electrons. The zero-order valence-electron chi connectivity index (χ0n) is 17.9. The first-order valence-electron chi connectivity index (χ1n) is 10.4. The molecule has 0 saturated heterocycles. The first-order valence-corrected chi connectivity index (χ1v) is 10.4. The standard InChI is InChI=1S/C25H28F3NO/c1-5-7-12-29(4)24-16-21(20-13-18(6-2)14-20)15-23(17(24)3)19-8-10-22(11-9-19)30-25(26,27)28/h8-11,15-16,18,20H,5-6,13-14H2,1-4H3. The molecule has 30 heavy (non-hydrogen) atoms. The summed E-state index contributed by atoms with van der Waals surface area (Å²) in [6.45, 7) is 6.28. The fourth-order valence-corrected chi connectivity index (χ4v) is 4.04. The highest BCUT2D eigenvalue weighted by Gasteiger charge is 2.31. The minimum absolute atomic E-state index is 0.212. The van der Waals surface area contributed by atoms with E-state index in [0.29, 0.717) is 5.92 Å². The lowest BCUT2D eigenvalue weighted by atomic mass is 9.70. The molecule has 0 atom stereocenters. The van der Waals surface area contributed by atoms with E-state index in [1.165, 1.54) is 37.0 Å². The van der Waals surface area contributed by atoms with Crippen molar-refractivity contribution in [2.75, 3.05) is 11.9 Å². The molecule has 1 aliphatic carbocycles. The van der Waals surface area contributed by atoms with E-state index < -0.39 is 6.36 Å². The van der Waals surface area contributed by atoms with Gasteiger partial charge in [0.25, 0.3) is 0 Å². The smallest absolute Gasteiger partial charge is 0.406 e. The van der Waals surface area contributed by atoms with Crippen molar-refractivity contribution in [3.05, 3.63) is 47.5 Å². The third-order valence-corrected chi connectivity index (χ3v) is 5.87. The van der Waals surface area contributed by atoms with E-state index in [1.807, 2.05) is 25.8 Å². The SMILES string of the molecule is CCC#CN(C)c1cc(C2CC(CC)C2)cc(-c2ccc(OC(F)(F)F)cc2)c1C. The van der Waals surface area contributed by atoms with E-state index in [2.05, 4.69) is 35.8 Å². The molecule has 0 unspecified atom stereocenters. The van der Waals surface area contributed by atoms with Gasteiger partial charge in [0.2, 0.25) is 0 Å². The van der Waals surface area contributed by atoms with Crippen LogP contribution in [0.2, 0.25) is 0 Å². The van der Waals surface area contributed by atoms with Crippen molar-refractivity contribution in [1.29, 1.82) is 0 Å². The lowest BCUT2D eigenvalue weighted by Gasteiger charge is -2.36. The van der Waals surface area contributed by atoms with Crippen molar-refractivity contribution < 1.29 is 17.9 Å².